The minimum atomic E-state index is 0.875. The van der Waals surface area contributed by atoms with Crippen molar-refractivity contribution in [2.24, 2.45) is 0 Å². The Labute approximate surface area is 69.2 Å². The molecule has 0 saturated carbocycles. The minimum Gasteiger partial charge on any atom is -0.314 e. The SMILES string of the molecule is ON1CCCCCCCCC1. The number of hydrogen-bond acceptors (Lipinski definition) is 2. The molecule has 0 unspecified atom stereocenters. The summed E-state index contributed by atoms with van der Waals surface area (Å²) in [6.07, 6.45) is 9.01. The summed E-state index contributed by atoms with van der Waals surface area (Å²) in [5, 5.41) is 10.7. The second-order valence-corrected chi connectivity index (χ2v) is 3.43. The number of hydroxylamine groups is 2. The summed E-state index contributed by atoms with van der Waals surface area (Å²) in [4.78, 5) is 0. The fraction of sp³-hybridized carbons (Fsp3) is 1.00. The summed E-state index contributed by atoms with van der Waals surface area (Å²) in [6, 6.07) is 0. The van der Waals surface area contributed by atoms with E-state index in [-0.39, 0.29) is 0 Å². The van der Waals surface area contributed by atoms with Gasteiger partial charge in [0.25, 0.3) is 0 Å². The van der Waals surface area contributed by atoms with Crippen LogP contribution in [0.15, 0.2) is 0 Å². The molecule has 0 aromatic heterocycles. The van der Waals surface area contributed by atoms with Gasteiger partial charge in [-0.2, -0.15) is 5.06 Å². The summed E-state index contributed by atoms with van der Waals surface area (Å²) in [5.74, 6) is 0. The van der Waals surface area contributed by atoms with Gasteiger partial charge in [0.15, 0.2) is 0 Å². The molecule has 0 aromatic rings. The fourth-order valence-electron chi connectivity index (χ4n) is 1.58. The van der Waals surface area contributed by atoms with E-state index >= 15 is 0 Å². The smallest absolute Gasteiger partial charge is 0.0238 e. The molecule has 0 aliphatic carbocycles. The van der Waals surface area contributed by atoms with Crippen LogP contribution >= 0.6 is 0 Å². The van der Waals surface area contributed by atoms with E-state index in [2.05, 4.69) is 0 Å². The van der Waals surface area contributed by atoms with Crippen molar-refractivity contribution in [1.29, 1.82) is 0 Å². The third kappa shape index (κ3) is 4.38. The van der Waals surface area contributed by atoms with Crippen molar-refractivity contribution < 1.29 is 5.21 Å². The number of rotatable bonds is 0. The van der Waals surface area contributed by atoms with Crippen molar-refractivity contribution in [2.75, 3.05) is 13.1 Å². The van der Waals surface area contributed by atoms with Gasteiger partial charge < -0.3 is 5.21 Å². The second kappa shape index (κ2) is 5.56. The lowest BCUT2D eigenvalue weighted by Crippen LogP contribution is -2.22. The van der Waals surface area contributed by atoms with Crippen molar-refractivity contribution >= 4 is 0 Å². The monoisotopic (exact) mass is 157 g/mol. The van der Waals surface area contributed by atoms with Gasteiger partial charge in [-0.1, -0.05) is 32.1 Å². The van der Waals surface area contributed by atoms with Crippen LogP contribution in [-0.4, -0.2) is 23.4 Å². The largest absolute Gasteiger partial charge is 0.314 e. The first-order valence-electron chi connectivity index (χ1n) is 4.83. The lowest BCUT2D eigenvalue weighted by atomic mass is 10.1. The third-order valence-electron chi connectivity index (χ3n) is 2.33. The van der Waals surface area contributed by atoms with Crippen LogP contribution in [-0.2, 0) is 0 Å². The Morgan fingerprint density at radius 3 is 1.45 bits per heavy atom. The molecule has 0 radical (unpaired) electrons. The number of hydrogen-bond donors (Lipinski definition) is 1. The van der Waals surface area contributed by atoms with E-state index in [1.165, 1.54) is 37.2 Å². The Kier molecular flexibility index (Phi) is 4.55. The van der Waals surface area contributed by atoms with Crippen LogP contribution in [0.25, 0.3) is 0 Å². The molecule has 2 heteroatoms. The van der Waals surface area contributed by atoms with E-state index in [9.17, 15) is 5.21 Å². The highest BCUT2D eigenvalue weighted by Gasteiger charge is 2.02. The van der Waals surface area contributed by atoms with Crippen LogP contribution < -0.4 is 0 Å². The molecule has 1 heterocycles. The zero-order valence-corrected chi connectivity index (χ0v) is 7.26. The first kappa shape index (κ1) is 9.01. The molecule has 0 spiro atoms. The summed E-state index contributed by atoms with van der Waals surface area (Å²) in [5.41, 5.74) is 0. The Bertz CT molecular complexity index is 85.6. The number of nitrogens with zero attached hydrogens (tertiary/aromatic N) is 1. The van der Waals surface area contributed by atoms with E-state index in [0.29, 0.717) is 0 Å². The Morgan fingerprint density at radius 2 is 1.00 bits per heavy atom. The zero-order chi connectivity index (χ0) is 7.94. The van der Waals surface area contributed by atoms with Gasteiger partial charge in [0, 0.05) is 13.1 Å². The van der Waals surface area contributed by atoms with Gasteiger partial charge in [-0.15, -0.1) is 0 Å². The molecule has 1 aliphatic rings. The molecule has 0 bridgehead atoms. The predicted molar refractivity (Wildman–Crippen MR) is 45.7 cm³/mol. The predicted octanol–water partition coefficient (Wildman–Crippen LogP) is 2.42. The maximum Gasteiger partial charge on any atom is 0.0238 e. The van der Waals surface area contributed by atoms with E-state index in [1.54, 1.807) is 0 Å². The van der Waals surface area contributed by atoms with Gasteiger partial charge in [-0.25, -0.2) is 0 Å². The Balaban J connectivity index is 2.12. The molecule has 0 aromatic carbocycles. The quantitative estimate of drug-likeness (QED) is 0.583. The summed E-state index contributed by atoms with van der Waals surface area (Å²) >= 11 is 0. The van der Waals surface area contributed by atoms with Gasteiger partial charge in [-0.3, -0.25) is 0 Å². The van der Waals surface area contributed by atoms with Crippen LogP contribution in [0, 0.1) is 0 Å². The zero-order valence-electron chi connectivity index (χ0n) is 7.26. The van der Waals surface area contributed by atoms with Crippen molar-refractivity contribution in [2.45, 2.75) is 44.9 Å². The molecule has 1 rings (SSSR count). The molecule has 11 heavy (non-hydrogen) atoms. The standard InChI is InChI=1S/C9H19NO/c11-10-8-6-4-2-1-3-5-7-9-10/h11H,1-9H2. The molecule has 1 fully saturated rings. The van der Waals surface area contributed by atoms with E-state index in [0.717, 1.165) is 25.9 Å². The summed E-state index contributed by atoms with van der Waals surface area (Å²) < 4.78 is 0. The van der Waals surface area contributed by atoms with Crippen LogP contribution in [0.4, 0.5) is 0 Å². The van der Waals surface area contributed by atoms with Crippen LogP contribution in [0.1, 0.15) is 44.9 Å². The van der Waals surface area contributed by atoms with Crippen LogP contribution in [0.2, 0.25) is 0 Å². The molecular formula is C9H19NO. The van der Waals surface area contributed by atoms with E-state index in [4.69, 9.17) is 0 Å². The van der Waals surface area contributed by atoms with Gasteiger partial charge in [0.2, 0.25) is 0 Å². The first-order chi connectivity index (χ1) is 5.39. The maximum atomic E-state index is 9.26. The molecular weight excluding hydrogens is 138 g/mol. The first-order valence-corrected chi connectivity index (χ1v) is 4.83. The second-order valence-electron chi connectivity index (χ2n) is 3.43. The van der Waals surface area contributed by atoms with E-state index < -0.39 is 0 Å². The van der Waals surface area contributed by atoms with Crippen molar-refractivity contribution in [1.82, 2.24) is 5.06 Å². The van der Waals surface area contributed by atoms with Gasteiger partial charge in [-0.05, 0) is 12.8 Å². The highest BCUT2D eigenvalue weighted by molar-refractivity contribution is 4.53. The van der Waals surface area contributed by atoms with E-state index in [1.807, 2.05) is 0 Å². The topological polar surface area (TPSA) is 23.5 Å². The van der Waals surface area contributed by atoms with Gasteiger partial charge >= 0.3 is 0 Å². The van der Waals surface area contributed by atoms with Crippen LogP contribution in [0.3, 0.4) is 0 Å². The molecule has 1 saturated heterocycles. The normalized spacial score (nSPS) is 24.8. The highest BCUT2D eigenvalue weighted by atomic mass is 16.5. The van der Waals surface area contributed by atoms with Crippen molar-refractivity contribution in [3.05, 3.63) is 0 Å². The Morgan fingerprint density at radius 1 is 0.636 bits per heavy atom. The highest BCUT2D eigenvalue weighted by Crippen LogP contribution is 2.10. The molecule has 0 amide bonds. The lowest BCUT2D eigenvalue weighted by Gasteiger charge is -2.15. The average molecular weight is 157 g/mol. The van der Waals surface area contributed by atoms with Crippen LogP contribution in [0.5, 0.6) is 0 Å². The molecule has 1 aliphatic heterocycles. The lowest BCUT2D eigenvalue weighted by molar-refractivity contribution is -0.0930. The minimum absolute atomic E-state index is 0.875. The third-order valence-corrected chi connectivity index (χ3v) is 2.33. The fourth-order valence-corrected chi connectivity index (χ4v) is 1.58. The summed E-state index contributed by atoms with van der Waals surface area (Å²) in [6.45, 7) is 1.75. The average Bonchev–Trinajstić information content (AvgIpc) is 2.03. The molecule has 2 nitrogen and oxygen atoms in total. The van der Waals surface area contributed by atoms with Crippen molar-refractivity contribution in [3.63, 3.8) is 0 Å². The summed E-state index contributed by atoms with van der Waals surface area (Å²) in [7, 11) is 0. The molecule has 66 valence electrons. The van der Waals surface area contributed by atoms with Gasteiger partial charge in [0.1, 0.15) is 0 Å². The van der Waals surface area contributed by atoms with Crippen molar-refractivity contribution in [3.8, 4) is 0 Å². The maximum absolute atomic E-state index is 9.26. The molecule has 1 N–H and O–H groups in total. The molecule has 0 atom stereocenters. The Hall–Kier alpha value is -0.0800. The van der Waals surface area contributed by atoms with Gasteiger partial charge in [0.05, 0.1) is 0 Å².